The van der Waals surface area contributed by atoms with Gasteiger partial charge in [0.1, 0.15) is 17.5 Å². The van der Waals surface area contributed by atoms with Crippen LogP contribution in [0.4, 0.5) is 0 Å². The lowest BCUT2D eigenvalue weighted by molar-refractivity contribution is -0.148. The zero-order chi connectivity index (χ0) is 29.1. The molecule has 1 aromatic rings. The Labute approximate surface area is 244 Å². The monoisotopic (exact) mass is 578 g/mol. The van der Waals surface area contributed by atoms with Crippen LogP contribution in [0.15, 0.2) is 54.1 Å². The molecule has 2 aliphatic rings. The van der Waals surface area contributed by atoms with E-state index >= 15 is 0 Å². The number of benzene rings is 1. The van der Waals surface area contributed by atoms with E-state index in [4.69, 9.17) is 18.3 Å². The van der Waals surface area contributed by atoms with Crippen LogP contribution in [-0.2, 0) is 18.4 Å². The Kier molecular flexibility index (Phi) is 11.9. The minimum absolute atomic E-state index is 0.201. The van der Waals surface area contributed by atoms with E-state index in [0.717, 1.165) is 54.7 Å². The first-order chi connectivity index (χ1) is 19.3. The zero-order valence-electron chi connectivity index (χ0n) is 25.2. The second-order valence-corrected chi connectivity index (χ2v) is 20.0. The van der Waals surface area contributed by atoms with Gasteiger partial charge in [-0.15, -0.1) is 0 Å². The molecule has 7 heteroatoms. The maximum absolute atomic E-state index is 13.1. The Balaban J connectivity index is 2.06. The molecule has 0 amide bonds. The molecule has 0 saturated carbocycles. The number of esters is 1. The largest absolute Gasteiger partial charge is 0.482 e. The minimum atomic E-state index is -2.12. The average Bonchev–Trinajstić information content (AvgIpc) is 2.99. The summed E-state index contributed by atoms with van der Waals surface area (Å²) < 4.78 is 26.4. The molecule has 0 aliphatic heterocycles. The summed E-state index contributed by atoms with van der Waals surface area (Å²) in [6, 6.07) is 15.3. The van der Waals surface area contributed by atoms with E-state index in [1.165, 1.54) is 0 Å². The van der Waals surface area contributed by atoms with Crippen molar-refractivity contribution in [2.75, 3.05) is 6.61 Å². The van der Waals surface area contributed by atoms with Gasteiger partial charge in [-0.3, -0.25) is 0 Å². The van der Waals surface area contributed by atoms with E-state index in [-0.39, 0.29) is 6.61 Å². The molecule has 5 nitrogen and oxygen atoms in total. The smallest absolute Gasteiger partial charge is 0.345 e. The average molecular weight is 579 g/mol. The van der Waals surface area contributed by atoms with Crippen LogP contribution >= 0.6 is 0 Å². The zero-order valence-corrected chi connectivity index (χ0v) is 27.2. The number of para-hydroxylation sites is 1. The van der Waals surface area contributed by atoms with Crippen LogP contribution in [0.3, 0.4) is 0 Å². The van der Waals surface area contributed by atoms with Crippen molar-refractivity contribution in [3.8, 4) is 29.4 Å². The number of hydrogen-bond acceptors (Lipinski definition) is 5. The lowest BCUT2D eigenvalue weighted by Gasteiger charge is -2.49. The summed E-state index contributed by atoms with van der Waals surface area (Å²) in [7, 11) is -4.22. The van der Waals surface area contributed by atoms with E-state index in [9.17, 15) is 4.79 Å². The van der Waals surface area contributed by atoms with Gasteiger partial charge in [0.05, 0.1) is 0 Å². The number of ether oxygens (including phenoxy) is 2. The third kappa shape index (κ3) is 7.59. The Morgan fingerprint density at radius 3 is 2.15 bits per heavy atom. The number of hydrogen-bond donors (Lipinski definition) is 0. The Morgan fingerprint density at radius 2 is 1.52 bits per heavy atom. The summed E-state index contributed by atoms with van der Waals surface area (Å²) in [6.07, 6.45) is 5.90. The lowest BCUT2D eigenvalue weighted by atomic mass is 9.80. The molecule has 2 bridgehead atoms. The molecule has 216 valence electrons. The van der Waals surface area contributed by atoms with Crippen molar-refractivity contribution in [1.29, 1.82) is 0 Å². The molecule has 2 aliphatic carbocycles. The maximum Gasteiger partial charge on any atom is 0.345 e. The molecule has 3 rings (SSSR count). The second-order valence-electron chi connectivity index (χ2n) is 10.6. The van der Waals surface area contributed by atoms with Crippen LogP contribution in [0, 0.1) is 23.7 Å². The summed E-state index contributed by atoms with van der Waals surface area (Å²) in [5.41, 5.74) is 0.0415. The molecule has 0 N–H and O–H groups in total. The molecule has 0 unspecified atom stereocenters. The quantitative estimate of drug-likeness (QED) is 0.0995. The molecule has 0 heterocycles. The van der Waals surface area contributed by atoms with Gasteiger partial charge in [0.25, 0.3) is 0 Å². The standard InChI is InChI=1S/C33H46O5Si2/c1-7-39(8-2,9-3)37-32-29-23-20-26-33(32,38-40(10-4,11-5)12-6)25-19-14-13-18-24-30(29)36-31(34)27-35-28-21-16-15-17-22-28/h13-17,21-23,30,32H,7-12,20,26-27H2,1-6H3/b14-13-/t30-,32+,33-/m0/s1. The first-order valence-electron chi connectivity index (χ1n) is 15.0. The van der Waals surface area contributed by atoms with Crippen LogP contribution in [0.25, 0.3) is 0 Å². The SMILES string of the molecule is CC[Si](CC)(CC)O[C@@H]1C2=CCC[C@@]1(O[Si](CC)(CC)CC)C#C/C=C\C#C[C@@H]2OC(=O)COc1ccccc1. The predicted octanol–water partition coefficient (Wildman–Crippen LogP) is 7.43. The molecule has 0 saturated heterocycles. The van der Waals surface area contributed by atoms with Crippen LogP contribution in [0.2, 0.25) is 36.3 Å². The molecule has 0 radical (unpaired) electrons. The third-order valence-electron chi connectivity index (χ3n) is 8.65. The summed E-state index contributed by atoms with van der Waals surface area (Å²) in [4.78, 5) is 13.1. The maximum atomic E-state index is 13.1. The predicted molar refractivity (Wildman–Crippen MR) is 167 cm³/mol. The lowest BCUT2D eigenvalue weighted by Crippen LogP contribution is -2.59. The van der Waals surface area contributed by atoms with Crippen molar-refractivity contribution in [3.05, 3.63) is 54.1 Å². The highest BCUT2D eigenvalue weighted by Gasteiger charge is 2.52. The van der Waals surface area contributed by atoms with Gasteiger partial charge in [-0.2, -0.15) is 0 Å². The molecule has 0 fully saturated rings. The number of carbonyl (C=O) groups excluding carboxylic acids is 1. The van der Waals surface area contributed by atoms with Crippen LogP contribution in [0.1, 0.15) is 54.4 Å². The van der Waals surface area contributed by atoms with Gasteiger partial charge in [0.2, 0.25) is 0 Å². The van der Waals surface area contributed by atoms with E-state index < -0.39 is 40.4 Å². The first-order valence-corrected chi connectivity index (χ1v) is 20.0. The molecular formula is C33H46O5Si2. The van der Waals surface area contributed by atoms with Gasteiger partial charge in [-0.25, -0.2) is 4.79 Å². The second kappa shape index (κ2) is 14.9. The minimum Gasteiger partial charge on any atom is -0.482 e. The van der Waals surface area contributed by atoms with E-state index in [1.807, 2.05) is 30.3 Å². The summed E-state index contributed by atoms with van der Waals surface area (Å²) >= 11 is 0. The Hall–Kier alpha value is -2.56. The van der Waals surface area contributed by atoms with Crippen LogP contribution in [-0.4, -0.2) is 47.0 Å². The van der Waals surface area contributed by atoms with Crippen molar-refractivity contribution in [2.24, 2.45) is 0 Å². The van der Waals surface area contributed by atoms with Crippen molar-refractivity contribution in [2.45, 2.75) is 108 Å². The van der Waals surface area contributed by atoms with Gasteiger partial charge in [0, 0.05) is 5.57 Å². The molecule has 1 aromatic carbocycles. The van der Waals surface area contributed by atoms with Crippen molar-refractivity contribution >= 4 is 22.6 Å². The highest BCUT2D eigenvalue weighted by Crippen LogP contribution is 2.43. The highest BCUT2D eigenvalue weighted by atomic mass is 28.4. The fourth-order valence-electron chi connectivity index (χ4n) is 5.61. The van der Waals surface area contributed by atoms with Crippen molar-refractivity contribution in [3.63, 3.8) is 0 Å². The topological polar surface area (TPSA) is 54.0 Å². The molecule has 0 aromatic heterocycles. The summed E-state index contributed by atoms with van der Waals surface area (Å²) in [5, 5.41) is 0. The first kappa shape index (κ1) is 32.0. The highest BCUT2D eigenvalue weighted by molar-refractivity contribution is 6.74. The number of fused-ring (bicyclic) bond motifs is 2. The molecule has 0 spiro atoms. The summed E-state index contributed by atoms with van der Waals surface area (Å²) in [6.45, 7) is 13.2. The normalized spacial score (nSPS) is 23.0. The molecular weight excluding hydrogens is 533 g/mol. The van der Waals surface area contributed by atoms with Crippen LogP contribution in [0.5, 0.6) is 5.75 Å². The van der Waals surface area contributed by atoms with Gasteiger partial charge in [-0.05, 0) is 79.3 Å². The number of carbonyl (C=O) groups is 1. The summed E-state index contributed by atoms with van der Waals surface area (Å²) in [5.74, 6) is 13.2. The molecule has 40 heavy (non-hydrogen) atoms. The van der Waals surface area contributed by atoms with Gasteiger partial charge < -0.3 is 18.3 Å². The Bertz CT molecular complexity index is 1150. The van der Waals surface area contributed by atoms with Crippen molar-refractivity contribution in [1.82, 2.24) is 0 Å². The number of rotatable bonds is 14. The fourth-order valence-corrected chi connectivity index (χ4v) is 11.4. The van der Waals surface area contributed by atoms with Crippen molar-refractivity contribution < 1.29 is 23.1 Å². The van der Waals surface area contributed by atoms with E-state index in [1.54, 1.807) is 12.2 Å². The number of allylic oxidation sites excluding steroid dienone is 3. The van der Waals surface area contributed by atoms with E-state index in [0.29, 0.717) is 5.75 Å². The van der Waals surface area contributed by atoms with Gasteiger partial charge >= 0.3 is 5.97 Å². The molecule has 3 atom stereocenters. The van der Waals surface area contributed by atoms with Gasteiger partial charge in [-0.1, -0.05) is 83.6 Å². The van der Waals surface area contributed by atoms with Crippen LogP contribution < -0.4 is 4.74 Å². The third-order valence-corrected chi connectivity index (χ3v) is 17.9. The van der Waals surface area contributed by atoms with E-state index in [2.05, 4.69) is 71.3 Å². The van der Waals surface area contributed by atoms with Gasteiger partial charge in [0.15, 0.2) is 29.3 Å². The fraction of sp³-hybridized carbons (Fsp3) is 0.545. The Morgan fingerprint density at radius 1 is 0.900 bits per heavy atom.